The van der Waals surface area contributed by atoms with Gasteiger partial charge in [-0.25, -0.2) is 9.18 Å². The van der Waals surface area contributed by atoms with Crippen LogP contribution in [0.4, 0.5) is 9.18 Å². The second kappa shape index (κ2) is 5.35. The first-order chi connectivity index (χ1) is 9.24. The molecular formula is C15H19BrFNO2. The predicted molar refractivity (Wildman–Crippen MR) is 81.0 cm³/mol. The summed E-state index contributed by atoms with van der Waals surface area (Å²) in [5.74, 6) is -0.365. The van der Waals surface area contributed by atoms with Crippen molar-refractivity contribution >= 4 is 28.1 Å². The van der Waals surface area contributed by atoms with Crippen molar-refractivity contribution in [1.82, 2.24) is 4.57 Å². The van der Waals surface area contributed by atoms with Crippen molar-refractivity contribution in [3.05, 3.63) is 29.1 Å². The number of nitrogens with zero attached hydrogens (tertiary/aromatic N) is 1. The zero-order valence-corrected chi connectivity index (χ0v) is 13.7. The molecule has 1 aliphatic rings. The molecule has 0 radical (unpaired) electrons. The molecule has 0 bridgehead atoms. The van der Waals surface area contributed by atoms with E-state index >= 15 is 0 Å². The van der Waals surface area contributed by atoms with Crippen LogP contribution in [-0.2, 0) is 10.1 Å². The lowest BCUT2D eigenvalue weighted by Gasteiger charge is -2.25. The van der Waals surface area contributed by atoms with Crippen molar-refractivity contribution in [3.8, 4) is 0 Å². The van der Waals surface area contributed by atoms with Crippen LogP contribution in [0, 0.1) is 0 Å². The van der Waals surface area contributed by atoms with Gasteiger partial charge in [0.2, 0.25) is 0 Å². The smallest absolute Gasteiger partial charge is 0.419 e. The molecule has 2 atom stereocenters. The molecule has 2 rings (SSSR count). The van der Waals surface area contributed by atoms with Gasteiger partial charge in [-0.3, -0.25) is 4.57 Å². The van der Waals surface area contributed by atoms with E-state index in [2.05, 4.69) is 15.9 Å². The molecule has 0 N–H and O–H groups in total. The molecular weight excluding hydrogens is 325 g/mol. The number of ether oxygens (including phenoxy) is 1. The van der Waals surface area contributed by atoms with Gasteiger partial charge in [0, 0.05) is 22.6 Å². The minimum absolute atomic E-state index is 0.365. The molecule has 0 spiro atoms. The van der Waals surface area contributed by atoms with Crippen LogP contribution in [0.5, 0.6) is 0 Å². The molecule has 5 heteroatoms. The van der Waals surface area contributed by atoms with Gasteiger partial charge in [0.15, 0.2) is 0 Å². The molecule has 1 aliphatic carbocycles. The van der Waals surface area contributed by atoms with Crippen LogP contribution in [0.2, 0.25) is 0 Å². The van der Waals surface area contributed by atoms with Gasteiger partial charge in [-0.1, -0.05) is 28.9 Å². The van der Waals surface area contributed by atoms with Gasteiger partial charge in [0.25, 0.3) is 0 Å². The Morgan fingerprint density at radius 3 is 2.70 bits per heavy atom. The Bertz CT molecular complexity index is 557. The number of rotatable bonds is 1. The second-order valence-corrected chi connectivity index (χ2v) is 6.58. The zero-order valence-electron chi connectivity index (χ0n) is 12.1. The largest absolute Gasteiger partial charge is 0.443 e. The normalized spacial score (nSPS) is 21.7. The lowest BCUT2D eigenvalue weighted by molar-refractivity contribution is 0.0526. The first-order valence-electron chi connectivity index (χ1n) is 6.60. The number of carbonyl (C=O) groups is 1. The van der Waals surface area contributed by atoms with Crippen molar-refractivity contribution in [1.29, 1.82) is 0 Å². The summed E-state index contributed by atoms with van der Waals surface area (Å²) < 4.78 is 20.8. The van der Waals surface area contributed by atoms with Gasteiger partial charge >= 0.3 is 6.09 Å². The number of alkyl halides is 2. The number of halogens is 2. The van der Waals surface area contributed by atoms with Crippen LogP contribution in [0.1, 0.15) is 50.6 Å². The molecule has 20 heavy (non-hydrogen) atoms. The maximum absolute atomic E-state index is 13.9. The fourth-order valence-corrected chi connectivity index (χ4v) is 2.75. The van der Waals surface area contributed by atoms with E-state index in [4.69, 9.17) is 4.74 Å². The van der Waals surface area contributed by atoms with Crippen LogP contribution >= 0.6 is 15.9 Å². The molecule has 0 saturated heterocycles. The van der Waals surface area contributed by atoms with E-state index in [1.807, 2.05) is 26.8 Å². The standard InChI is InChI=1S/C15H19BrFNO2/c1-9-12(17)6-5-10-7-11(8-16)18(13(9)10)14(19)20-15(2,3)4/h5-7,9,12H,8H2,1-4H3/t9-,12?/m0/s1. The highest BCUT2D eigenvalue weighted by molar-refractivity contribution is 9.08. The summed E-state index contributed by atoms with van der Waals surface area (Å²) >= 11 is 3.37. The minimum Gasteiger partial charge on any atom is -0.443 e. The van der Waals surface area contributed by atoms with E-state index in [0.29, 0.717) is 11.0 Å². The topological polar surface area (TPSA) is 31.2 Å². The average Bonchev–Trinajstić information content (AvgIpc) is 2.71. The Hall–Kier alpha value is -1.10. The Kier molecular flexibility index (Phi) is 4.09. The van der Waals surface area contributed by atoms with Crippen molar-refractivity contribution in [2.24, 2.45) is 0 Å². The van der Waals surface area contributed by atoms with E-state index in [1.165, 1.54) is 10.6 Å². The first-order valence-corrected chi connectivity index (χ1v) is 7.73. The van der Waals surface area contributed by atoms with Crippen molar-refractivity contribution in [2.75, 3.05) is 0 Å². The van der Waals surface area contributed by atoms with Crippen LogP contribution < -0.4 is 0 Å². The van der Waals surface area contributed by atoms with Crippen LogP contribution in [0.15, 0.2) is 12.1 Å². The third-order valence-corrected chi connectivity index (χ3v) is 3.80. The summed E-state index contributed by atoms with van der Waals surface area (Å²) in [6.45, 7) is 7.23. The van der Waals surface area contributed by atoms with Gasteiger partial charge in [-0.05, 0) is 38.5 Å². The summed E-state index contributed by atoms with van der Waals surface area (Å²) in [7, 11) is 0. The number of allylic oxidation sites excluding steroid dienone is 1. The highest BCUT2D eigenvalue weighted by Gasteiger charge is 2.31. The Morgan fingerprint density at radius 2 is 2.15 bits per heavy atom. The van der Waals surface area contributed by atoms with Crippen molar-refractivity contribution in [3.63, 3.8) is 0 Å². The summed E-state index contributed by atoms with van der Waals surface area (Å²) in [4.78, 5) is 12.4. The van der Waals surface area contributed by atoms with E-state index in [1.54, 1.807) is 13.0 Å². The Morgan fingerprint density at radius 1 is 1.50 bits per heavy atom. The molecule has 0 fully saturated rings. The van der Waals surface area contributed by atoms with Gasteiger partial charge in [-0.15, -0.1) is 0 Å². The number of aromatic nitrogens is 1. The van der Waals surface area contributed by atoms with Crippen molar-refractivity contribution < 1.29 is 13.9 Å². The molecule has 0 aromatic carbocycles. The molecule has 1 aromatic rings. The first kappa shape index (κ1) is 15.3. The fourth-order valence-electron chi connectivity index (χ4n) is 2.34. The summed E-state index contributed by atoms with van der Waals surface area (Å²) in [6.07, 6.45) is 1.72. The maximum Gasteiger partial charge on any atom is 0.419 e. The molecule has 0 saturated carbocycles. The van der Waals surface area contributed by atoms with Crippen LogP contribution in [-0.4, -0.2) is 22.4 Å². The van der Waals surface area contributed by atoms with Gasteiger partial charge in [0.1, 0.15) is 11.8 Å². The number of carbonyl (C=O) groups excluding carboxylic acids is 1. The summed E-state index contributed by atoms with van der Waals surface area (Å²) in [5, 5.41) is 0.511. The lowest BCUT2D eigenvalue weighted by atomic mass is 9.93. The summed E-state index contributed by atoms with van der Waals surface area (Å²) in [6, 6.07) is 1.90. The Balaban J connectivity index is 2.50. The third-order valence-electron chi connectivity index (χ3n) is 3.23. The van der Waals surface area contributed by atoms with Gasteiger partial charge < -0.3 is 4.74 Å². The van der Waals surface area contributed by atoms with Crippen LogP contribution in [0.25, 0.3) is 6.08 Å². The number of fused-ring (bicyclic) bond motifs is 1. The maximum atomic E-state index is 13.9. The van der Waals surface area contributed by atoms with E-state index in [0.717, 1.165) is 11.3 Å². The van der Waals surface area contributed by atoms with E-state index < -0.39 is 17.9 Å². The fraction of sp³-hybridized carbons (Fsp3) is 0.533. The number of hydrogen-bond acceptors (Lipinski definition) is 2. The predicted octanol–water partition coefficient (Wildman–Crippen LogP) is 4.63. The molecule has 0 aliphatic heterocycles. The molecule has 1 aromatic heterocycles. The number of hydrogen-bond donors (Lipinski definition) is 0. The third kappa shape index (κ3) is 2.82. The Labute approximate surface area is 126 Å². The zero-order chi connectivity index (χ0) is 15.1. The quantitative estimate of drug-likeness (QED) is 0.696. The second-order valence-electron chi connectivity index (χ2n) is 6.02. The highest BCUT2D eigenvalue weighted by Crippen LogP contribution is 2.35. The van der Waals surface area contributed by atoms with Gasteiger partial charge in [-0.2, -0.15) is 0 Å². The van der Waals surface area contributed by atoms with E-state index in [-0.39, 0.29) is 5.92 Å². The van der Waals surface area contributed by atoms with Gasteiger partial charge in [0.05, 0.1) is 0 Å². The molecule has 1 heterocycles. The lowest BCUT2D eigenvalue weighted by Crippen LogP contribution is -2.30. The monoisotopic (exact) mass is 343 g/mol. The van der Waals surface area contributed by atoms with Crippen molar-refractivity contribution in [2.45, 2.75) is 50.7 Å². The molecule has 0 amide bonds. The molecule has 1 unspecified atom stereocenters. The summed E-state index contributed by atoms with van der Waals surface area (Å²) in [5.41, 5.74) is 1.76. The van der Waals surface area contributed by atoms with Crippen LogP contribution in [0.3, 0.4) is 0 Å². The average molecular weight is 344 g/mol. The molecule has 110 valence electrons. The minimum atomic E-state index is -1.08. The highest BCUT2D eigenvalue weighted by atomic mass is 79.9. The van der Waals surface area contributed by atoms with E-state index in [9.17, 15) is 9.18 Å². The SMILES string of the molecule is C[C@@H]1c2c(cc(CBr)n2C(=O)OC(C)(C)C)C=CC1F. The molecule has 3 nitrogen and oxygen atoms in total.